The van der Waals surface area contributed by atoms with Crippen LogP contribution in [0.25, 0.3) is 6.08 Å². The maximum Gasteiger partial charge on any atom is 0.270 e. The highest BCUT2D eigenvalue weighted by Crippen LogP contribution is 2.39. The number of rotatable bonds is 8. The van der Waals surface area contributed by atoms with Crippen LogP contribution >= 0.6 is 35.6 Å². The summed E-state index contributed by atoms with van der Waals surface area (Å²) in [6.07, 6.45) is 1.73. The third kappa shape index (κ3) is 6.12. The second kappa shape index (κ2) is 11.9. The molecule has 1 aliphatic heterocycles. The van der Waals surface area contributed by atoms with Gasteiger partial charge in [-0.1, -0.05) is 47.7 Å². The van der Waals surface area contributed by atoms with Crippen molar-refractivity contribution in [2.24, 2.45) is 0 Å². The van der Waals surface area contributed by atoms with E-state index in [1.807, 2.05) is 32.0 Å². The first-order chi connectivity index (χ1) is 18.2. The van der Waals surface area contributed by atoms with Gasteiger partial charge in [0.1, 0.15) is 5.75 Å². The van der Waals surface area contributed by atoms with Crippen molar-refractivity contribution >= 4 is 69.2 Å². The number of hydrogen-bond acceptors (Lipinski definition) is 7. The molecule has 0 saturated carbocycles. The Morgan fingerprint density at radius 1 is 1.00 bits per heavy atom. The number of nitrogens with zero attached hydrogens (tertiary/aromatic N) is 1. The van der Waals surface area contributed by atoms with Crippen LogP contribution in [0.4, 0.5) is 11.4 Å². The molecule has 1 N–H and O–H groups in total. The van der Waals surface area contributed by atoms with Gasteiger partial charge in [0.15, 0.2) is 22.4 Å². The number of benzene rings is 3. The Morgan fingerprint density at radius 2 is 1.74 bits per heavy atom. The maximum atomic E-state index is 13.1. The molecule has 0 aliphatic carbocycles. The Kier molecular flexibility index (Phi) is 8.61. The maximum absolute atomic E-state index is 13.1. The van der Waals surface area contributed by atoms with Gasteiger partial charge in [0.2, 0.25) is 0 Å². The molecular formula is C28H25ClN2O5S2. The molecule has 1 aliphatic rings. The number of hydrogen-bond donors (Lipinski definition) is 1. The number of carbonyl (C=O) groups is 2. The van der Waals surface area contributed by atoms with E-state index in [0.717, 1.165) is 11.1 Å². The molecule has 0 atom stereocenters. The first-order valence-electron chi connectivity index (χ1n) is 11.5. The van der Waals surface area contributed by atoms with E-state index in [2.05, 4.69) is 5.32 Å². The minimum absolute atomic E-state index is 0.189. The Bertz CT molecular complexity index is 1460. The lowest BCUT2D eigenvalue weighted by Crippen LogP contribution is -2.27. The molecule has 0 radical (unpaired) electrons. The van der Waals surface area contributed by atoms with Crippen LogP contribution in [0.3, 0.4) is 0 Å². The van der Waals surface area contributed by atoms with E-state index in [1.165, 1.54) is 30.9 Å². The van der Waals surface area contributed by atoms with Crippen molar-refractivity contribution < 1.29 is 23.8 Å². The molecule has 0 spiro atoms. The van der Waals surface area contributed by atoms with E-state index in [-0.39, 0.29) is 18.4 Å². The fraction of sp³-hybridized carbons (Fsp3) is 0.179. The van der Waals surface area contributed by atoms with Crippen LogP contribution < -0.4 is 24.4 Å². The first kappa shape index (κ1) is 27.5. The largest absolute Gasteiger partial charge is 0.495 e. The molecule has 4 rings (SSSR count). The Morgan fingerprint density at radius 3 is 2.42 bits per heavy atom. The number of methoxy groups -OCH3 is 2. The summed E-state index contributed by atoms with van der Waals surface area (Å²) in [6.45, 7) is 3.81. The van der Waals surface area contributed by atoms with Crippen LogP contribution in [0.15, 0.2) is 59.5 Å². The summed E-state index contributed by atoms with van der Waals surface area (Å²) in [5, 5.41) is 3.21. The number of aryl methyl sites for hydroxylation is 2. The minimum Gasteiger partial charge on any atom is -0.495 e. The molecule has 196 valence electrons. The van der Waals surface area contributed by atoms with E-state index < -0.39 is 0 Å². The summed E-state index contributed by atoms with van der Waals surface area (Å²) in [5.41, 5.74) is 4.21. The minimum atomic E-state index is -0.290. The van der Waals surface area contributed by atoms with Crippen molar-refractivity contribution in [3.63, 3.8) is 0 Å². The Hall–Kier alpha value is -3.53. The van der Waals surface area contributed by atoms with Gasteiger partial charge in [-0.2, -0.15) is 0 Å². The standard InChI is InChI=1S/C28H25ClN2O5S2/c1-16-5-7-19(11-17(16)2)30-26(32)15-36-23-9-6-18(12-24(23)35-4)13-25-27(33)31(28(37)38-25)20-8-10-22(34-3)21(29)14-20/h5-14H,15H2,1-4H3,(H,30,32)/b25-13+. The molecule has 1 fully saturated rings. The SMILES string of the molecule is COc1ccc(N2C(=O)/C(=C\c3ccc(OCC(=O)Nc4ccc(C)c(C)c4)c(OC)c3)SC2=S)cc1Cl. The van der Waals surface area contributed by atoms with Crippen molar-refractivity contribution in [2.75, 3.05) is 31.0 Å². The van der Waals surface area contributed by atoms with Gasteiger partial charge in [-0.3, -0.25) is 14.5 Å². The molecule has 38 heavy (non-hydrogen) atoms. The number of thiocarbonyl (C=S) groups is 1. The predicted molar refractivity (Wildman–Crippen MR) is 157 cm³/mol. The van der Waals surface area contributed by atoms with Crippen LogP contribution in [0.1, 0.15) is 16.7 Å². The highest BCUT2D eigenvalue weighted by Gasteiger charge is 2.33. The van der Waals surface area contributed by atoms with E-state index in [1.54, 1.807) is 42.5 Å². The highest BCUT2D eigenvalue weighted by molar-refractivity contribution is 8.27. The third-order valence-electron chi connectivity index (χ3n) is 5.82. The molecule has 0 bridgehead atoms. The van der Waals surface area contributed by atoms with Gasteiger partial charge in [-0.25, -0.2) is 0 Å². The molecule has 7 nitrogen and oxygen atoms in total. The van der Waals surface area contributed by atoms with Gasteiger partial charge < -0.3 is 19.5 Å². The van der Waals surface area contributed by atoms with E-state index in [0.29, 0.717) is 48.4 Å². The number of anilines is 2. The zero-order chi connectivity index (χ0) is 27.4. The quantitative estimate of drug-likeness (QED) is 0.249. The zero-order valence-corrected chi connectivity index (χ0v) is 23.6. The number of amides is 2. The second-order valence-corrected chi connectivity index (χ2v) is 10.5. The summed E-state index contributed by atoms with van der Waals surface area (Å²) >= 11 is 12.9. The van der Waals surface area contributed by atoms with Crippen LogP contribution in [-0.2, 0) is 9.59 Å². The molecule has 0 aromatic heterocycles. The monoisotopic (exact) mass is 568 g/mol. The van der Waals surface area contributed by atoms with E-state index >= 15 is 0 Å². The second-order valence-electron chi connectivity index (χ2n) is 8.38. The molecule has 1 saturated heterocycles. The van der Waals surface area contributed by atoms with Crippen LogP contribution in [0, 0.1) is 13.8 Å². The Balaban J connectivity index is 1.45. The molecular weight excluding hydrogens is 544 g/mol. The molecule has 3 aromatic carbocycles. The summed E-state index contributed by atoms with van der Waals surface area (Å²) in [4.78, 5) is 27.4. The predicted octanol–water partition coefficient (Wildman–Crippen LogP) is 6.40. The van der Waals surface area contributed by atoms with Crippen molar-refractivity contribution in [3.8, 4) is 17.2 Å². The highest BCUT2D eigenvalue weighted by atomic mass is 35.5. The van der Waals surface area contributed by atoms with E-state index in [9.17, 15) is 9.59 Å². The number of carbonyl (C=O) groups excluding carboxylic acids is 2. The van der Waals surface area contributed by atoms with Gasteiger partial charge >= 0.3 is 0 Å². The van der Waals surface area contributed by atoms with Crippen LogP contribution in [0.5, 0.6) is 17.2 Å². The average molecular weight is 569 g/mol. The fourth-order valence-electron chi connectivity index (χ4n) is 3.69. The van der Waals surface area contributed by atoms with Gasteiger partial charge in [0.25, 0.3) is 11.8 Å². The fourth-order valence-corrected chi connectivity index (χ4v) is 5.24. The number of nitrogens with one attached hydrogen (secondary N) is 1. The zero-order valence-electron chi connectivity index (χ0n) is 21.2. The van der Waals surface area contributed by atoms with E-state index in [4.69, 9.17) is 38.0 Å². The lowest BCUT2D eigenvalue weighted by atomic mass is 10.1. The Labute approximate surface area is 235 Å². The van der Waals surface area contributed by atoms with Gasteiger partial charge in [-0.05, 0) is 79.1 Å². The van der Waals surface area contributed by atoms with Crippen LogP contribution in [-0.4, -0.2) is 37.0 Å². The number of thioether (sulfide) groups is 1. The number of ether oxygens (including phenoxy) is 3. The third-order valence-corrected chi connectivity index (χ3v) is 7.42. The van der Waals surface area contributed by atoms with Gasteiger partial charge in [0.05, 0.1) is 29.8 Å². The van der Waals surface area contributed by atoms with Crippen molar-refractivity contribution in [1.29, 1.82) is 0 Å². The number of halogens is 1. The summed E-state index contributed by atoms with van der Waals surface area (Å²) < 4.78 is 16.7. The van der Waals surface area contributed by atoms with Crippen molar-refractivity contribution in [2.45, 2.75) is 13.8 Å². The molecule has 10 heteroatoms. The molecule has 2 amide bonds. The van der Waals surface area contributed by atoms with Gasteiger partial charge in [-0.15, -0.1) is 0 Å². The topological polar surface area (TPSA) is 77.1 Å². The van der Waals surface area contributed by atoms with Crippen molar-refractivity contribution in [3.05, 3.63) is 81.2 Å². The molecule has 0 unspecified atom stereocenters. The van der Waals surface area contributed by atoms with Crippen molar-refractivity contribution in [1.82, 2.24) is 0 Å². The summed E-state index contributed by atoms with van der Waals surface area (Å²) in [7, 11) is 3.03. The molecule has 3 aromatic rings. The molecule has 1 heterocycles. The average Bonchev–Trinajstić information content (AvgIpc) is 3.17. The van der Waals surface area contributed by atoms with Gasteiger partial charge in [0, 0.05) is 5.69 Å². The normalized spacial score (nSPS) is 14.1. The smallest absolute Gasteiger partial charge is 0.270 e. The lowest BCUT2D eigenvalue weighted by molar-refractivity contribution is -0.118. The lowest BCUT2D eigenvalue weighted by Gasteiger charge is -2.15. The summed E-state index contributed by atoms with van der Waals surface area (Å²) in [6, 6.07) is 16.0. The summed E-state index contributed by atoms with van der Waals surface area (Å²) in [5.74, 6) is 0.786. The van der Waals surface area contributed by atoms with Crippen LogP contribution in [0.2, 0.25) is 5.02 Å². The first-order valence-corrected chi connectivity index (χ1v) is 13.1.